The molecule has 426 valence electrons. The molecule has 1 saturated heterocycles. The van der Waals surface area contributed by atoms with E-state index >= 15 is 0 Å². The Morgan fingerprint density at radius 3 is 1.33 bits per heavy atom. The van der Waals surface area contributed by atoms with E-state index in [1.54, 1.807) is 0 Å². The van der Waals surface area contributed by atoms with Crippen LogP contribution in [0.4, 0.5) is 0 Å². The third-order valence-electron chi connectivity index (χ3n) is 12.6. The van der Waals surface area contributed by atoms with Crippen molar-refractivity contribution >= 4 is 23.9 Å². The van der Waals surface area contributed by atoms with Gasteiger partial charge in [-0.1, -0.05) is 195 Å². The van der Waals surface area contributed by atoms with Gasteiger partial charge < -0.3 is 39.0 Å². The van der Waals surface area contributed by atoms with E-state index in [9.17, 15) is 34.5 Å². The number of unbranched alkanes of at least 4 members (excludes halogenated alkanes) is 18. The van der Waals surface area contributed by atoms with E-state index in [-0.39, 0.29) is 25.9 Å². The number of rotatable bonds is 48. The van der Waals surface area contributed by atoms with Crippen LogP contribution in [-0.4, -0.2) is 89.2 Å². The van der Waals surface area contributed by atoms with Crippen LogP contribution in [0.3, 0.4) is 0 Å². The van der Waals surface area contributed by atoms with E-state index in [1.165, 1.54) is 57.8 Å². The molecule has 1 aliphatic heterocycles. The molecule has 0 aromatic carbocycles. The summed E-state index contributed by atoms with van der Waals surface area (Å²) in [5, 5.41) is 31.4. The van der Waals surface area contributed by atoms with Crippen LogP contribution in [0.5, 0.6) is 0 Å². The van der Waals surface area contributed by atoms with Crippen LogP contribution in [-0.2, 0) is 42.9 Å². The first-order valence-electron chi connectivity index (χ1n) is 29.2. The number of carboxylic acids is 1. The van der Waals surface area contributed by atoms with Crippen molar-refractivity contribution in [1.82, 2.24) is 0 Å². The van der Waals surface area contributed by atoms with Crippen molar-refractivity contribution in [2.75, 3.05) is 13.2 Å². The van der Waals surface area contributed by atoms with E-state index in [0.717, 1.165) is 103 Å². The predicted octanol–water partition coefficient (Wildman–Crippen LogP) is 14.9. The third kappa shape index (κ3) is 40.6. The van der Waals surface area contributed by atoms with Gasteiger partial charge in [0.2, 0.25) is 0 Å². The molecule has 0 spiro atoms. The second kappa shape index (κ2) is 50.5. The van der Waals surface area contributed by atoms with Gasteiger partial charge in [-0.05, 0) is 109 Å². The zero-order valence-corrected chi connectivity index (χ0v) is 46.8. The number of aliphatic hydroxyl groups excluding tert-OH is 2. The number of carbonyl (C=O) groups is 4. The van der Waals surface area contributed by atoms with Gasteiger partial charge in [-0.3, -0.25) is 14.4 Å². The van der Waals surface area contributed by atoms with Gasteiger partial charge in [0.15, 0.2) is 24.6 Å². The van der Waals surface area contributed by atoms with E-state index in [2.05, 4.69) is 99.8 Å². The molecule has 12 heteroatoms. The smallest absolute Gasteiger partial charge is 0.335 e. The molecular weight excluding hydrogens is 949 g/mol. The molecule has 0 aromatic rings. The van der Waals surface area contributed by atoms with Crippen LogP contribution in [0.25, 0.3) is 0 Å². The summed E-state index contributed by atoms with van der Waals surface area (Å²) < 4.78 is 28.3. The lowest BCUT2D eigenvalue weighted by Gasteiger charge is -2.40. The summed E-state index contributed by atoms with van der Waals surface area (Å²) in [4.78, 5) is 51.0. The van der Waals surface area contributed by atoms with Gasteiger partial charge in [0.25, 0.3) is 0 Å². The molecule has 0 saturated carbocycles. The monoisotopic (exact) mass is 1050 g/mol. The van der Waals surface area contributed by atoms with Gasteiger partial charge >= 0.3 is 23.9 Å². The second-order valence-electron chi connectivity index (χ2n) is 19.5. The van der Waals surface area contributed by atoms with Gasteiger partial charge in [0.05, 0.1) is 6.61 Å². The Kier molecular flexibility index (Phi) is 46.2. The summed E-state index contributed by atoms with van der Waals surface area (Å²) in [6.07, 6.45) is 53.9. The van der Waals surface area contributed by atoms with Crippen LogP contribution in [0, 0.1) is 0 Å². The lowest BCUT2D eigenvalue weighted by Crippen LogP contribution is -2.61. The second-order valence-corrected chi connectivity index (χ2v) is 19.5. The number of esters is 3. The van der Waals surface area contributed by atoms with Crippen molar-refractivity contribution in [2.45, 2.75) is 263 Å². The molecule has 6 unspecified atom stereocenters. The third-order valence-corrected chi connectivity index (χ3v) is 12.6. The largest absolute Gasteiger partial charge is 0.479 e. The highest BCUT2D eigenvalue weighted by atomic mass is 16.7. The Hall–Kier alpha value is -4.36. The molecule has 1 aliphatic rings. The maximum Gasteiger partial charge on any atom is 0.335 e. The van der Waals surface area contributed by atoms with Crippen LogP contribution < -0.4 is 0 Å². The van der Waals surface area contributed by atoms with Gasteiger partial charge in [-0.25, -0.2) is 4.79 Å². The number of carbonyl (C=O) groups excluding carboxylic acids is 3. The number of carboxylic acid groups (broad SMARTS) is 1. The van der Waals surface area contributed by atoms with Gasteiger partial charge in [0, 0.05) is 19.3 Å². The SMILES string of the molecule is CC/C=C\C/C=C\C/C=C\C/C=C\CCC(=O)OC1C(OCC(COC(=O)CCCCCCCCC/C=C\C/C=C\CCCCC)OC(=O)CCCCCCC/C=C\C/C=C\CCCCC)OC(C(=O)O)C(O)C1O. The number of aliphatic carboxylic acids is 1. The minimum Gasteiger partial charge on any atom is -0.479 e. The summed E-state index contributed by atoms with van der Waals surface area (Å²) in [5.74, 6) is -3.26. The zero-order chi connectivity index (χ0) is 54.7. The van der Waals surface area contributed by atoms with Crippen molar-refractivity contribution in [2.24, 2.45) is 0 Å². The molecule has 3 N–H and O–H groups in total. The maximum atomic E-state index is 13.1. The highest BCUT2D eigenvalue weighted by molar-refractivity contribution is 5.74. The van der Waals surface area contributed by atoms with Gasteiger partial charge in [0.1, 0.15) is 18.8 Å². The number of hydrogen-bond donors (Lipinski definition) is 3. The van der Waals surface area contributed by atoms with Crippen LogP contribution in [0.2, 0.25) is 0 Å². The van der Waals surface area contributed by atoms with Gasteiger partial charge in [-0.15, -0.1) is 0 Å². The predicted molar refractivity (Wildman–Crippen MR) is 303 cm³/mol. The summed E-state index contributed by atoms with van der Waals surface area (Å²) in [6, 6.07) is 0. The maximum absolute atomic E-state index is 13.1. The number of allylic oxidation sites excluding steroid dienone is 16. The average molecular weight is 1050 g/mol. The zero-order valence-electron chi connectivity index (χ0n) is 46.8. The van der Waals surface area contributed by atoms with E-state index in [1.807, 2.05) is 18.2 Å². The minimum atomic E-state index is -1.93. The van der Waals surface area contributed by atoms with E-state index < -0.39 is 67.3 Å². The number of hydrogen-bond acceptors (Lipinski definition) is 11. The van der Waals surface area contributed by atoms with Crippen molar-refractivity contribution in [3.8, 4) is 0 Å². The molecule has 6 atom stereocenters. The fourth-order valence-corrected chi connectivity index (χ4v) is 8.15. The van der Waals surface area contributed by atoms with E-state index in [0.29, 0.717) is 25.7 Å². The van der Waals surface area contributed by atoms with E-state index in [4.69, 9.17) is 23.7 Å². The molecule has 12 nitrogen and oxygen atoms in total. The van der Waals surface area contributed by atoms with Crippen molar-refractivity contribution in [3.05, 3.63) is 97.2 Å². The highest BCUT2D eigenvalue weighted by Crippen LogP contribution is 2.26. The summed E-state index contributed by atoms with van der Waals surface area (Å²) in [7, 11) is 0. The Morgan fingerprint density at radius 2 is 0.867 bits per heavy atom. The molecule has 1 heterocycles. The molecule has 0 radical (unpaired) electrons. The van der Waals surface area contributed by atoms with Crippen LogP contribution >= 0.6 is 0 Å². The first-order chi connectivity index (χ1) is 36.6. The molecule has 0 aromatic heterocycles. The topological polar surface area (TPSA) is 175 Å². The lowest BCUT2D eigenvalue weighted by atomic mass is 9.98. The molecule has 0 aliphatic carbocycles. The Labute approximate surface area is 453 Å². The quantitative estimate of drug-likeness (QED) is 0.0228. The fourth-order valence-electron chi connectivity index (χ4n) is 8.15. The van der Waals surface area contributed by atoms with Crippen molar-refractivity contribution < 1.29 is 58.2 Å². The Morgan fingerprint density at radius 1 is 0.453 bits per heavy atom. The standard InChI is InChI=1S/C63H102O12/c1-4-7-10-13-16-19-22-25-27-28-30-32-34-37-40-43-46-49-55(64)71-52-54(73-56(65)50-47-44-41-38-36-33-29-26-23-20-17-14-11-8-5-2)53-72-63-61(59(68)58(67)60(75-63)62(69)70)74-57(66)51-48-45-42-39-35-31-24-21-18-15-12-9-6-3/h9,12,16-21,25-27,29,31,35,42,45,54,58-61,63,67-68H,4-8,10-11,13-15,22-24,28,30,32-34,36-41,43-44,46-53H2,1-3H3,(H,69,70)/b12-9-,19-16-,20-17-,21-18-,27-25-,29-26-,35-31-,45-42-. The summed E-state index contributed by atoms with van der Waals surface area (Å²) in [6.45, 7) is 5.76. The van der Waals surface area contributed by atoms with Gasteiger partial charge in [-0.2, -0.15) is 0 Å². The minimum absolute atomic E-state index is 0.0669. The molecule has 0 bridgehead atoms. The fraction of sp³-hybridized carbons (Fsp3) is 0.683. The van der Waals surface area contributed by atoms with Crippen LogP contribution in [0.1, 0.15) is 226 Å². The average Bonchev–Trinajstić information content (AvgIpc) is 3.39. The van der Waals surface area contributed by atoms with Crippen molar-refractivity contribution in [1.29, 1.82) is 0 Å². The lowest BCUT2D eigenvalue weighted by molar-refractivity contribution is -0.301. The first kappa shape index (κ1) is 68.7. The molecule has 75 heavy (non-hydrogen) atoms. The number of ether oxygens (including phenoxy) is 5. The summed E-state index contributed by atoms with van der Waals surface area (Å²) >= 11 is 0. The number of aliphatic hydroxyl groups is 2. The molecule has 1 fully saturated rings. The van der Waals surface area contributed by atoms with Crippen molar-refractivity contribution in [3.63, 3.8) is 0 Å². The first-order valence-corrected chi connectivity index (χ1v) is 29.2. The summed E-state index contributed by atoms with van der Waals surface area (Å²) in [5.41, 5.74) is 0. The normalized spacial score (nSPS) is 18.9. The molecule has 0 amide bonds. The highest BCUT2D eigenvalue weighted by Gasteiger charge is 2.50. The van der Waals surface area contributed by atoms with Crippen LogP contribution in [0.15, 0.2) is 97.2 Å². The molecule has 1 rings (SSSR count). The Bertz CT molecular complexity index is 1670. The Balaban J connectivity index is 2.75. The molecular formula is C63H102O12.